The van der Waals surface area contributed by atoms with Crippen molar-refractivity contribution in [3.05, 3.63) is 48.7 Å². The van der Waals surface area contributed by atoms with Gasteiger partial charge >= 0.3 is 5.69 Å². The van der Waals surface area contributed by atoms with Crippen LogP contribution in [0.4, 0.5) is 0 Å². The number of H-pyrrole nitrogens is 1. The van der Waals surface area contributed by atoms with Crippen molar-refractivity contribution < 1.29 is 4.79 Å². The zero-order valence-electron chi connectivity index (χ0n) is 12.5. The molecule has 0 aromatic carbocycles. The summed E-state index contributed by atoms with van der Waals surface area (Å²) in [5, 5.41) is 3.82. The van der Waals surface area contributed by atoms with Gasteiger partial charge in [-0.3, -0.25) is 14.6 Å². The van der Waals surface area contributed by atoms with Crippen molar-refractivity contribution in [3.8, 4) is 0 Å². The molecule has 0 radical (unpaired) electrons. The molecule has 1 amide bonds. The maximum atomic E-state index is 11.9. The van der Waals surface area contributed by atoms with Crippen molar-refractivity contribution >= 4 is 17.2 Å². The Balaban J connectivity index is 1.88. The smallest absolute Gasteiger partial charge is 0.328 e. The van der Waals surface area contributed by atoms with E-state index >= 15 is 0 Å². The molecule has 0 unspecified atom stereocenters. The fourth-order valence-electron chi connectivity index (χ4n) is 2.04. The number of aromatic nitrogens is 3. The molecule has 2 aromatic heterocycles. The Morgan fingerprint density at radius 1 is 1.45 bits per heavy atom. The Bertz CT molecular complexity index is 775. The van der Waals surface area contributed by atoms with E-state index in [9.17, 15) is 14.4 Å². The van der Waals surface area contributed by atoms with Crippen molar-refractivity contribution in [1.82, 2.24) is 19.9 Å². The fraction of sp³-hybridized carbons (Fsp3) is 0.429. The van der Waals surface area contributed by atoms with Gasteiger partial charge in [-0.15, -0.1) is 11.3 Å². The molecule has 0 aliphatic carbocycles. The highest BCUT2D eigenvalue weighted by atomic mass is 32.1. The monoisotopic (exact) mass is 322 g/mol. The van der Waals surface area contributed by atoms with Crippen LogP contribution >= 0.6 is 11.3 Å². The van der Waals surface area contributed by atoms with Gasteiger partial charge in [-0.25, -0.2) is 9.78 Å². The Morgan fingerprint density at radius 3 is 2.91 bits per heavy atom. The molecule has 22 heavy (non-hydrogen) atoms. The van der Waals surface area contributed by atoms with Crippen LogP contribution in [0, 0.1) is 6.92 Å². The van der Waals surface area contributed by atoms with Crippen molar-refractivity contribution in [2.45, 2.75) is 39.8 Å². The Morgan fingerprint density at radius 2 is 2.23 bits per heavy atom. The molecule has 0 aliphatic heterocycles. The molecule has 8 heteroatoms. The maximum absolute atomic E-state index is 11.9. The molecule has 118 valence electrons. The third-order valence-electron chi connectivity index (χ3n) is 3.14. The van der Waals surface area contributed by atoms with Crippen LogP contribution in [0.3, 0.4) is 0 Å². The van der Waals surface area contributed by atoms with E-state index in [-0.39, 0.29) is 18.9 Å². The number of rotatable bonds is 6. The molecule has 0 fully saturated rings. The number of carbonyl (C=O) groups is 1. The molecule has 0 saturated heterocycles. The highest BCUT2D eigenvalue weighted by Gasteiger charge is 2.09. The van der Waals surface area contributed by atoms with E-state index in [4.69, 9.17) is 0 Å². The molecule has 0 aliphatic rings. The van der Waals surface area contributed by atoms with Gasteiger partial charge in [0.15, 0.2) is 0 Å². The van der Waals surface area contributed by atoms with Gasteiger partial charge in [0.1, 0.15) is 0 Å². The van der Waals surface area contributed by atoms with Crippen LogP contribution in [0.2, 0.25) is 0 Å². The predicted molar refractivity (Wildman–Crippen MR) is 84.0 cm³/mol. The van der Waals surface area contributed by atoms with E-state index in [2.05, 4.69) is 15.3 Å². The average molecular weight is 322 g/mol. The summed E-state index contributed by atoms with van der Waals surface area (Å²) in [5.41, 5.74) is 0.0599. The first kappa shape index (κ1) is 16.2. The maximum Gasteiger partial charge on any atom is 0.328 e. The molecular weight excluding hydrogens is 304 g/mol. The van der Waals surface area contributed by atoms with E-state index in [1.165, 1.54) is 16.8 Å². The molecule has 2 N–H and O–H groups in total. The fourth-order valence-corrected chi connectivity index (χ4v) is 3.00. The number of aromatic amines is 1. The van der Waals surface area contributed by atoms with Gasteiger partial charge in [0.2, 0.25) is 5.91 Å². The van der Waals surface area contributed by atoms with E-state index in [1.54, 1.807) is 11.3 Å². The molecule has 0 bridgehead atoms. The Kier molecular flexibility index (Phi) is 5.26. The second-order valence-electron chi connectivity index (χ2n) is 4.79. The van der Waals surface area contributed by atoms with Crippen LogP contribution in [0.1, 0.15) is 28.9 Å². The quantitative estimate of drug-likeness (QED) is 0.812. The number of aryl methyl sites for hydroxylation is 3. The summed E-state index contributed by atoms with van der Waals surface area (Å²) in [4.78, 5) is 41.9. The molecule has 0 atom stereocenters. The van der Waals surface area contributed by atoms with Crippen molar-refractivity contribution in [2.75, 3.05) is 0 Å². The standard InChI is InChI=1S/C14H18N4O3S/c1-3-10-11(22-9(2)16-10)8-15-12(19)4-6-18-7-5-13(20)17-14(18)21/h5,7H,3-4,6,8H2,1-2H3,(H,15,19)(H,17,20,21). The van der Waals surface area contributed by atoms with Gasteiger partial charge in [0.05, 0.1) is 17.2 Å². The third kappa shape index (κ3) is 4.14. The minimum absolute atomic E-state index is 0.147. The van der Waals surface area contributed by atoms with E-state index in [0.717, 1.165) is 22.0 Å². The number of thiazole rings is 1. The lowest BCUT2D eigenvalue weighted by Crippen LogP contribution is -2.31. The summed E-state index contributed by atoms with van der Waals surface area (Å²) >= 11 is 1.58. The van der Waals surface area contributed by atoms with Crippen molar-refractivity contribution in [2.24, 2.45) is 0 Å². The number of nitrogens with zero attached hydrogens (tertiary/aromatic N) is 2. The largest absolute Gasteiger partial charge is 0.351 e. The topological polar surface area (TPSA) is 96.8 Å². The summed E-state index contributed by atoms with van der Waals surface area (Å²) in [6, 6.07) is 1.26. The highest BCUT2D eigenvalue weighted by molar-refractivity contribution is 7.11. The minimum Gasteiger partial charge on any atom is -0.351 e. The van der Waals surface area contributed by atoms with Crippen molar-refractivity contribution in [1.29, 1.82) is 0 Å². The predicted octanol–water partition coefficient (Wildman–Crippen LogP) is 0.570. The number of nitrogens with one attached hydrogen (secondary N) is 2. The number of hydrogen-bond acceptors (Lipinski definition) is 5. The molecule has 2 aromatic rings. The molecule has 2 heterocycles. The van der Waals surface area contributed by atoms with Gasteiger partial charge in [0.25, 0.3) is 5.56 Å². The summed E-state index contributed by atoms with van der Waals surface area (Å²) in [5.74, 6) is -0.147. The van der Waals surface area contributed by atoms with E-state index in [1.807, 2.05) is 13.8 Å². The van der Waals surface area contributed by atoms with Gasteiger partial charge in [-0.1, -0.05) is 6.92 Å². The van der Waals surface area contributed by atoms with Gasteiger partial charge < -0.3 is 9.88 Å². The van der Waals surface area contributed by atoms with Gasteiger partial charge in [-0.2, -0.15) is 0 Å². The van der Waals surface area contributed by atoms with Crippen molar-refractivity contribution in [3.63, 3.8) is 0 Å². The average Bonchev–Trinajstić information content (AvgIpc) is 2.84. The Labute approximate surface area is 131 Å². The second kappa shape index (κ2) is 7.17. The van der Waals surface area contributed by atoms with Gasteiger partial charge in [0, 0.05) is 30.1 Å². The zero-order valence-corrected chi connectivity index (χ0v) is 13.3. The molecule has 7 nitrogen and oxygen atoms in total. The summed E-state index contributed by atoms with van der Waals surface area (Å²) < 4.78 is 1.30. The van der Waals surface area contributed by atoms with Crippen LogP contribution in [0.25, 0.3) is 0 Å². The molecule has 0 saturated carbocycles. The lowest BCUT2D eigenvalue weighted by atomic mass is 10.3. The zero-order chi connectivity index (χ0) is 16.1. The normalized spacial score (nSPS) is 10.6. The lowest BCUT2D eigenvalue weighted by molar-refractivity contribution is -0.121. The highest BCUT2D eigenvalue weighted by Crippen LogP contribution is 2.18. The summed E-state index contributed by atoms with van der Waals surface area (Å²) in [6.45, 7) is 4.65. The van der Waals surface area contributed by atoms with E-state index in [0.29, 0.717) is 6.54 Å². The summed E-state index contributed by atoms with van der Waals surface area (Å²) in [7, 11) is 0. The third-order valence-corrected chi connectivity index (χ3v) is 4.16. The van der Waals surface area contributed by atoms with Crippen LogP contribution in [0.5, 0.6) is 0 Å². The van der Waals surface area contributed by atoms with Crippen LogP contribution in [-0.4, -0.2) is 20.4 Å². The molecule has 0 spiro atoms. The van der Waals surface area contributed by atoms with Gasteiger partial charge in [-0.05, 0) is 13.3 Å². The lowest BCUT2D eigenvalue weighted by Gasteiger charge is -2.06. The SMILES string of the molecule is CCc1nc(C)sc1CNC(=O)CCn1ccc(=O)[nH]c1=O. The molecular formula is C14H18N4O3S. The Hall–Kier alpha value is -2.22. The number of hydrogen-bond donors (Lipinski definition) is 2. The number of carbonyl (C=O) groups excluding carboxylic acids is 1. The van der Waals surface area contributed by atoms with Crippen LogP contribution in [0.15, 0.2) is 21.9 Å². The molecule has 2 rings (SSSR count). The minimum atomic E-state index is -0.508. The van der Waals surface area contributed by atoms with Crippen LogP contribution < -0.4 is 16.6 Å². The first-order chi connectivity index (χ1) is 10.5. The number of amides is 1. The second-order valence-corrected chi connectivity index (χ2v) is 6.07. The van der Waals surface area contributed by atoms with E-state index < -0.39 is 11.2 Å². The first-order valence-electron chi connectivity index (χ1n) is 7.01. The first-order valence-corrected chi connectivity index (χ1v) is 7.83. The van der Waals surface area contributed by atoms with Crippen LogP contribution in [-0.2, 0) is 24.3 Å². The summed E-state index contributed by atoms with van der Waals surface area (Å²) in [6.07, 6.45) is 2.39.